The summed E-state index contributed by atoms with van der Waals surface area (Å²) in [5.41, 5.74) is 3.78. The number of benzene rings is 1. The Balaban J connectivity index is 1.82. The number of likely N-dealkylation sites (tertiary alicyclic amines) is 1. The summed E-state index contributed by atoms with van der Waals surface area (Å²) in [4.78, 5) is 14.7. The average molecular weight is 312 g/mol. The molecule has 0 unspecified atom stereocenters. The smallest absolute Gasteiger partial charge is 0.257 e. The number of piperidine rings is 1. The van der Waals surface area contributed by atoms with E-state index in [0.717, 1.165) is 42.9 Å². The van der Waals surface area contributed by atoms with Crippen LogP contribution in [0.25, 0.3) is 5.69 Å². The third-order valence-corrected chi connectivity index (χ3v) is 4.77. The zero-order chi connectivity index (χ0) is 16.4. The first-order chi connectivity index (χ1) is 11.1. The molecule has 122 valence electrons. The molecule has 0 radical (unpaired) electrons. The highest BCUT2D eigenvalue weighted by Gasteiger charge is 2.25. The van der Waals surface area contributed by atoms with Crippen molar-refractivity contribution in [1.29, 1.82) is 0 Å². The summed E-state index contributed by atoms with van der Waals surface area (Å²) in [6, 6.07) is 8.61. The van der Waals surface area contributed by atoms with Gasteiger partial charge in [0, 0.05) is 19.1 Å². The van der Waals surface area contributed by atoms with Gasteiger partial charge in [-0.2, -0.15) is 5.10 Å². The summed E-state index contributed by atoms with van der Waals surface area (Å²) >= 11 is 0. The summed E-state index contributed by atoms with van der Waals surface area (Å²) in [5, 5.41) is 7.74. The van der Waals surface area contributed by atoms with Crippen molar-refractivity contribution in [2.45, 2.75) is 32.7 Å². The molecule has 0 aliphatic carbocycles. The maximum Gasteiger partial charge on any atom is 0.257 e. The number of aromatic nitrogens is 2. The van der Waals surface area contributed by atoms with Gasteiger partial charge in [0.05, 0.1) is 23.1 Å². The fraction of sp³-hybridized carbons (Fsp3) is 0.444. The van der Waals surface area contributed by atoms with E-state index in [1.165, 1.54) is 0 Å². The molecule has 2 heterocycles. The summed E-state index contributed by atoms with van der Waals surface area (Å²) in [5.74, 6) is 0.0943. The number of nitrogens with zero attached hydrogens (tertiary/aromatic N) is 3. The van der Waals surface area contributed by atoms with E-state index in [1.54, 1.807) is 6.20 Å². The van der Waals surface area contributed by atoms with Crippen LogP contribution in [0.4, 0.5) is 0 Å². The summed E-state index contributed by atoms with van der Waals surface area (Å²) in [6.45, 7) is 5.63. The van der Waals surface area contributed by atoms with Crippen LogP contribution in [0.3, 0.4) is 0 Å². The molecule has 5 nitrogen and oxygen atoms in total. The largest absolute Gasteiger partial charge is 0.338 e. The number of nitrogens with one attached hydrogen (secondary N) is 1. The van der Waals surface area contributed by atoms with Crippen molar-refractivity contribution in [3.63, 3.8) is 0 Å². The number of amides is 1. The van der Waals surface area contributed by atoms with Gasteiger partial charge in [0.15, 0.2) is 0 Å². The number of hydrogen-bond donors (Lipinski definition) is 1. The summed E-state index contributed by atoms with van der Waals surface area (Å²) in [6.07, 6.45) is 3.72. The van der Waals surface area contributed by atoms with E-state index < -0.39 is 0 Å². The van der Waals surface area contributed by atoms with Crippen molar-refractivity contribution >= 4 is 5.91 Å². The number of hydrogen-bond acceptors (Lipinski definition) is 3. The Morgan fingerprint density at radius 2 is 1.91 bits per heavy atom. The van der Waals surface area contributed by atoms with Crippen molar-refractivity contribution < 1.29 is 4.79 Å². The SMILES string of the molecule is CNC1CCN(C(=O)c2cnn(-c3ccccc3C)c2C)CC1. The number of rotatable bonds is 3. The Morgan fingerprint density at radius 3 is 2.57 bits per heavy atom. The molecule has 1 aliphatic rings. The second kappa shape index (κ2) is 6.54. The fourth-order valence-corrected chi connectivity index (χ4v) is 3.21. The first-order valence-corrected chi connectivity index (χ1v) is 8.19. The Hall–Kier alpha value is -2.14. The van der Waals surface area contributed by atoms with E-state index in [-0.39, 0.29) is 5.91 Å². The standard InChI is InChI=1S/C18H24N4O/c1-13-6-4-5-7-17(13)22-14(2)16(12-20-22)18(23)21-10-8-15(19-3)9-11-21/h4-7,12,15,19H,8-11H2,1-3H3. The number of carbonyl (C=O) groups is 1. The summed E-state index contributed by atoms with van der Waals surface area (Å²) in [7, 11) is 1.98. The molecule has 1 saturated heterocycles. The van der Waals surface area contributed by atoms with Gasteiger partial charge in [0.25, 0.3) is 5.91 Å². The van der Waals surface area contributed by atoms with Crippen molar-refractivity contribution in [3.8, 4) is 5.69 Å². The van der Waals surface area contributed by atoms with Gasteiger partial charge >= 0.3 is 0 Å². The number of para-hydroxylation sites is 1. The van der Waals surface area contributed by atoms with Crippen LogP contribution in [0, 0.1) is 13.8 Å². The second-order valence-electron chi connectivity index (χ2n) is 6.20. The molecule has 1 aromatic carbocycles. The topological polar surface area (TPSA) is 50.2 Å². The monoisotopic (exact) mass is 312 g/mol. The van der Waals surface area contributed by atoms with Crippen LogP contribution in [0.2, 0.25) is 0 Å². The molecule has 2 aromatic rings. The zero-order valence-electron chi connectivity index (χ0n) is 14.0. The third-order valence-electron chi connectivity index (χ3n) is 4.77. The number of aryl methyl sites for hydroxylation is 1. The van der Waals surface area contributed by atoms with Gasteiger partial charge in [-0.05, 0) is 45.4 Å². The second-order valence-corrected chi connectivity index (χ2v) is 6.20. The van der Waals surface area contributed by atoms with Crippen LogP contribution in [-0.2, 0) is 0 Å². The molecule has 3 rings (SSSR count). The van der Waals surface area contributed by atoms with Gasteiger partial charge < -0.3 is 10.2 Å². The molecule has 23 heavy (non-hydrogen) atoms. The first kappa shape index (κ1) is 15.7. The molecule has 1 amide bonds. The van der Waals surface area contributed by atoms with Gasteiger partial charge in [-0.25, -0.2) is 4.68 Å². The normalized spacial score (nSPS) is 15.9. The van der Waals surface area contributed by atoms with Gasteiger partial charge in [-0.15, -0.1) is 0 Å². The lowest BCUT2D eigenvalue weighted by Crippen LogP contribution is -2.44. The lowest BCUT2D eigenvalue weighted by atomic mass is 10.0. The maximum atomic E-state index is 12.8. The third kappa shape index (κ3) is 3.01. The van der Waals surface area contributed by atoms with Crippen LogP contribution in [0.1, 0.15) is 34.5 Å². The Kier molecular flexibility index (Phi) is 4.48. The van der Waals surface area contributed by atoms with Crippen LogP contribution < -0.4 is 5.32 Å². The summed E-state index contributed by atoms with van der Waals surface area (Å²) < 4.78 is 1.86. The molecule has 1 N–H and O–H groups in total. The predicted molar refractivity (Wildman–Crippen MR) is 91.0 cm³/mol. The predicted octanol–water partition coefficient (Wildman–Crippen LogP) is 2.31. The maximum absolute atomic E-state index is 12.8. The Bertz CT molecular complexity index is 699. The van der Waals surface area contributed by atoms with Gasteiger partial charge in [-0.1, -0.05) is 18.2 Å². The van der Waals surface area contributed by atoms with Crippen molar-refractivity contribution in [1.82, 2.24) is 20.0 Å². The molecule has 1 fully saturated rings. The van der Waals surface area contributed by atoms with E-state index in [2.05, 4.69) is 23.4 Å². The van der Waals surface area contributed by atoms with Crippen molar-refractivity contribution in [3.05, 3.63) is 47.3 Å². The molecule has 0 atom stereocenters. The molecule has 0 saturated carbocycles. The molecule has 5 heteroatoms. The van der Waals surface area contributed by atoms with Gasteiger partial charge in [0.1, 0.15) is 0 Å². The molecule has 0 spiro atoms. The highest BCUT2D eigenvalue weighted by molar-refractivity contribution is 5.95. The minimum atomic E-state index is 0.0943. The van der Waals surface area contributed by atoms with Crippen molar-refractivity contribution in [2.24, 2.45) is 0 Å². The minimum absolute atomic E-state index is 0.0943. The van der Waals surface area contributed by atoms with Gasteiger partial charge in [0.2, 0.25) is 0 Å². The lowest BCUT2D eigenvalue weighted by Gasteiger charge is -2.31. The quantitative estimate of drug-likeness (QED) is 0.946. The van der Waals surface area contributed by atoms with Gasteiger partial charge in [-0.3, -0.25) is 4.79 Å². The number of carbonyl (C=O) groups excluding carboxylic acids is 1. The van der Waals surface area contributed by atoms with Crippen LogP contribution in [-0.4, -0.2) is 46.8 Å². The molecule has 0 bridgehead atoms. The van der Waals surface area contributed by atoms with Crippen LogP contribution in [0.15, 0.2) is 30.5 Å². The Morgan fingerprint density at radius 1 is 1.22 bits per heavy atom. The first-order valence-electron chi connectivity index (χ1n) is 8.19. The van der Waals surface area contributed by atoms with E-state index >= 15 is 0 Å². The fourth-order valence-electron chi connectivity index (χ4n) is 3.21. The van der Waals surface area contributed by atoms with E-state index in [1.807, 2.05) is 41.8 Å². The van der Waals surface area contributed by atoms with Crippen molar-refractivity contribution in [2.75, 3.05) is 20.1 Å². The molecular formula is C18H24N4O. The van der Waals surface area contributed by atoms with E-state index in [0.29, 0.717) is 11.6 Å². The zero-order valence-corrected chi connectivity index (χ0v) is 14.0. The molecule has 1 aliphatic heterocycles. The Labute approximate surface area is 137 Å². The van der Waals surface area contributed by atoms with E-state index in [4.69, 9.17) is 0 Å². The highest BCUT2D eigenvalue weighted by atomic mass is 16.2. The lowest BCUT2D eigenvalue weighted by molar-refractivity contribution is 0.0706. The van der Waals surface area contributed by atoms with Crippen LogP contribution in [0.5, 0.6) is 0 Å². The minimum Gasteiger partial charge on any atom is -0.338 e. The van der Waals surface area contributed by atoms with Crippen LogP contribution >= 0.6 is 0 Å². The molecule has 1 aromatic heterocycles. The average Bonchev–Trinajstić information content (AvgIpc) is 2.96. The highest BCUT2D eigenvalue weighted by Crippen LogP contribution is 2.20. The molecular weight excluding hydrogens is 288 g/mol. The van der Waals surface area contributed by atoms with E-state index in [9.17, 15) is 4.79 Å².